The van der Waals surface area contributed by atoms with Gasteiger partial charge in [0, 0.05) is 6.61 Å². The highest BCUT2D eigenvalue weighted by Crippen LogP contribution is 2.11. The molecule has 18 heavy (non-hydrogen) atoms. The average molecular weight is 258 g/mol. The lowest BCUT2D eigenvalue weighted by atomic mass is 10.1. The predicted octanol–water partition coefficient (Wildman–Crippen LogP) is 4.69. The largest absolute Gasteiger partial charge is 0.391 e. The van der Waals surface area contributed by atoms with Crippen LogP contribution in [0.3, 0.4) is 0 Å². The number of hydrogen-bond acceptors (Lipinski definition) is 2. The maximum absolute atomic E-state index is 9.00. The van der Waals surface area contributed by atoms with Gasteiger partial charge in [-0.3, -0.25) is 0 Å². The summed E-state index contributed by atoms with van der Waals surface area (Å²) in [5, 5.41) is 9.00. The van der Waals surface area contributed by atoms with Gasteiger partial charge in [0.05, 0.1) is 12.7 Å². The van der Waals surface area contributed by atoms with Gasteiger partial charge in [-0.05, 0) is 13.3 Å². The van der Waals surface area contributed by atoms with E-state index in [-0.39, 0.29) is 6.10 Å². The molecule has 0 amide bonds. The van der Waals surface area contributed by atoms with E-state index in [4.69, 9.17) is 9.84 Å². The predicted molar refractivity (Wildman–Crippen MR) is 79.0 cm³/mol. The van der Waals surface area contributed by atoms with Crippen molar-refractivity contribution in [2.24, 2.45) is 0 Å². The first kappa shape index (κ1) is 17.9. The van der Waals surface area contributed by atoms with Crippen LogP contribution in [0.1, 0.15) is 84.5 Å². The van der Waals surface area contributed by atoms with E-state index in [1.165, 1.54) is 64.2 Å². The number of hydrogen-bond donors (Lipinski definition) is 1. The van der Waals surface area contributed by atoms with Gasteiger partial charge in [-0.15, -0.1) is 0 Å². The summed E-state index contributed by atoms with van der Waals surface area (Å²) in [5.74, 6) is 0. The zero-order chi connectivity index (χ0) is 13.5. The second-order valence-electron chi connectivity index (χ2n) is 5.46. The quantitative estimate of drug-likeness (QED) is 0.458. The molecule has 0 heterocycles. The van der Waals surface area contributed by atoms with Crippen molar-refractivity contribution in [1.29, 1.82) is 0 Å². The molecule has 0 aromatic carbocycles. The van der Waals surface area contributed by atoms with E-state index in [1.807, 2.05) is 0 Å². The SMILES string of the molecule is CCCCCCCCCCCCCOCC(C)O. The summed E-state index contributed by atoms with van der Waals surface area (Å²) >= 11 is 0. The Balaban J connectivity index is 2.90. The van der Waals surface area contributed by atoms with Gasteiger partial charge >= 0.3 is 0 Å². The number of ether oxygens (including phenoxy) is 1. The van der Waals surface area contributed by atoms with Crippen LogP contribution in [0.15, 0.2) is 0 Å². The molecule has 0 aromatic heterocycles. The molecule has 1 unspecified atom stereocenters. The lowest BCUT2D eigenvalue weighted by Gasteiger charge is -2.06. The van der Waals surface area contributed by atoms with Crippen molar-refractivity contribution in [2.75, 3.05) is 13.2 Å². The van der Waals surface area contributed by atoms with E-state index < -0.39 is 0 Å². The van der Waals surface area contributed by atoms with E-state index in [2.05, 4.69) is 6.92 Å². The summed E-state index contributed by atoms with van der Waals surface area (Å²) in [6.45, 7) is 5.32. The molecule has 0 bridgehead atoms. The summed E-state index contributed by atoms with van der Waals surface area (Å²) in [4.78, 5) is 0. The Hall–Kier alpha value is -0.0800. The molecule has 0 saturated carbocycles. The van der Waals surface area contributed by atoms with Gasteiger partial charge in [0.15, 0.2) is 0 Å². The van der Waals surface area contributed by atoms with Gasteiger partial charge in [-0.1, -0.05) is 71.1 Å². The molecule has 0 fully saturated rings. The number of unbranched alkanes of at least 4 members (excludes halogenated alkanes) is 10. The first-order chi connectivity index (χ1) is 8.77. The van der Waals surface area contributed by atoms with Gasteiger partial charge in [-0.2, -0.15) is 0 Å². The van der Waals surface area contributed by atoms with Crippen LogP contribution in [0.4, 0.5) is 0 Å². The number of aliphatic hydroxyl groups is 1. The van der Waals surface area contributed by atoms with Crippen LogP contribution in [0.2, 0.25) is 0 Å². The molecule has 0 spiro atoms. The molecule has 0 saturated heterocycles. The van der Waals surface area contributed by atoms with E-state index >= 15 is 0 Å². The van der Waals surface area contributed by atoms with Crippen molar-refractivity contribution in [3.8, 4) is 0 Å². The van der Waals surface area contributed by atoms with Crippen molar-refractivity contribution in [2.45, 2.75) is 90.6 Å². The van der Waals surface area contributed by atoms with Crippen LogP contribution in [0, 0.1) is 0 Å². The van der Waals surface area contributed by atoms with Gasteiger partial charge in [0.2, 0.25) is 0 Å². The average Bonchev–Trinajstić information content (AvgIpc) is 2.34. The van der Waals surface area contributed by atoms with Crippen LogP contribution in [0.5, 0.6) is 0 Å². The molecule has 2 nitrogen and oxygen atoms in total. The van der Waals surface area contributed by atoms with E-state index in [0.717, 1.165) is 13.0 Å². The number of aliphatic hydroxyl groups excluding tert-OH is 1. The van der Waals surface area contributed by atoms with Gasteiger partial charge < -0.3 is 9.84 Å². The molecule has 0 rings (SSSR count). The Kier molecular flexibility index (Phi) is 14.9. The third kappa shape index (κ3) is 15.9. The minimum Gasteiger partial charge on any atom is -0.391 e. The summed E-state index contributed by atoms with van der Waals surface area (Å²) < 4.78 is 5.33. The summed E-state index contributed by atoms with van der Waals surface area (Å²) in [7, 11) is 0. The van der Waals surface area contributed by atoms with E-state index in [9.17, 15) is 0 Å². The zero-order valence-corrected chi connectivity index (χ0v) is 12.6. The molecule has 0 aromatic rings. The fourth-order valence-electron chi connectivity index (χ4n) is 2.12. The van der Waals surface area contributed by atoms with Crippen molar-refractivity contribution < 1.29 is 9.84 Å². The Morgan fingerprint density at radius 3 is 1.67 bits per heavy atom. The molecular formula is C16H34O2. The Labute approximate surface area is 114 Å². The summed E-state index contributed by atoms with van der Waals surface area (Å²) in [5.41, 5.74) is 0. The lowest BCUT2D eigenvalue weighted by Crippen LogP contribution is -2.10. The molecule has 0 aliphatic heterocycles. The summed E-state index contributed by atoms with van der Waals surface area (Å²) in [6, 6.07) is 0. The van der Waals surface area contributed by atoms with Crippen LogP contribution >= 0.6 is 0 Å². The van der Waals surface area contributed by atoms with E-state index in [0.29, 0.717) is 6.61 Å². The standard InChI is InChI=1S/C16H34O2/c1-3-4-5-6-7-8-9-10-11-12-13-14-18-15-16(2)17/h16-17H,3-15H2,1-2H3. The normalized spacial score (nSPS) is 12.8. The van der Waals surface area contributed by atoms with Crippen LogP contribution in [-0.2, 0) is 4.74 Å². The fourth-order valence-corrected chi connectivity index (χ4v) is 2.12. The molecule has 0 aliphatic carbocycles. The van der Waals surface area contributed by atoms with Crippen molar-refractivity contribution >= 4 is 0 Å². The third-order valence-electron chi connectivity index (χ3n) is 3.25. The molecule has 110 valence electrons. The third-order valence-corrected chi connectivity index (χ3v) is 3.25. The Morgan fingerprint density at radius 2 is 1.22 bits per heavy atom. The highest BCUT2D eigenvalue weighted by Gasteiger charge is 1.95. The molecule has 0 radical (unpaired) electrons. The first-order valence-corrected chi connectivity index (χ1v) is 8.03. The van der Waals surface area contributed by atoms with Crippen molar-refractivity contribution in [1.82, 2.24) is 0 Å². The second kappa shape index (κ2) is 15.0. The smallest absolute Gasteiger partial charge is 0.0745 e. The van der Waals surface area contributed by atoms with Gasteiger partial charge in [-0.25, -0.2) is 0 Å². The maximum Gasteiger partial charge on any atom is 0.0745 e. The molecule has 1 atom stereocenters. The van der Waals surface area contributed by atoms with Crippen molar-refractivity contribution in [3.63, 3.8) is 0 Å². The molecule has 0 aliphatic rings. The maximum atomic E-state index is 9.00. The Bertz CT molecular complexity index is 146. The number of rotatable bonds is 14. The topological polar surface area (TPSA) is 29.5 Å². The molecule has 1 N–H and O–H groups in total. The highest BCUT2D eigenvalue weighted by atomic mass is 16.5. The van der Waals surface area contributed by atoms with Crippen LogP contribution < -0.4 is 0 Å². The van der Waals surface area contributed by atoms with Crippen LogP contribution in [0.25, 0.3) is 0 Å². The first-order valence-electron chi connectivity index (χ1n) is 8.03. The Morgan fingerprint density at radius 1 is 0.778 bits per heavy atom. The minimum absolute atomic E-state index is 0.322. The monoisotopic (exact) mass is 258 g/mol. The zero-order valence-electron chi connectivity index (χ0n) is 12.6. The summed E-state index contributed by atoms with van der Waals surface area (Å²) in [6.07, 6.45) is 14.7. The van der Waals surface area contributed by atoms with Gasteiger partial charge in [0.1, 0.15) is 0 Å². The van der Waals surface area contributed by atoms with Crippen molar-refractivity contribution in [3.05, 3.63) is 0 Å². The lowest BCUT2D eigenvalue weighted by molar-refractivity contribution is 0.0445. The van der Waals surface area contributed by atoms with Gasteiger partial charge in [0.25, 0.3) is 0 Å². The van der Waals surface area contributed by atoms with Crippen LogP contribution in [-0.4, -0.2) is 24.4 Å². The minimum atomic E-state index is -0.322. The van der Waals surface area contributed by atoms with E-state index in [1.54, 1.807) is 6.92 Å². The fraction of sp³-hybridized carbons (Fsp3) is 1.00. The second-order valence-corrected chi connectivity index (χ2v) is 5.46. The highest BCUT2D eigenvalue weighted by molar-refractivity contribution is 4.48. The molecule has 2 heteroatoms. The molecular weight excluding hydrogens is 224 g/mol.